The summed E-state index contributed by atoms with van der Waals surface area (Å²) in [6.07, 6.45) is 0.933. The van der Waals surface area contributed by atoms with Crippen LogP contribution < -0.4 is 4.90 Å². The van der Waals surface area contributed by atoms with Gasteiger partial charge in [-0.1, -0.05) is 38.1 Å². The van der Waals surface area contributed by atoms with Crippen LogP contribution in [0.25, 0.3) is 0 Å². The predicted octanol–water partition coefficient (Wildman–Crippen LogP) is 4.63. The zero-order valence-electron chi connectivity index (χ0n) is 17.3. The van der Waals surface area contributed by atoms with E-state index in [1.54, 1.807) is 36.4 Å². The van der Waals surface area contributed by atoms with Crippen LogP contribution in [0.15, 0.2) is 59.8 Å². The summed E-state index contributed by atoms with van der Waals surface area (Å²) in [4.78, 5) is 38.7. The molecule has 31 heavy (non-hydrogen) atoms. The summed E-state index contributed by atoms with van der Waals surface area (Å²) in [7, 11) is 0. The number of hydrogen-bond acceptors (Lipinski definition) is 5. The van der Waals surface area contributed by atoms with Crippen molar-refractivity contribution in [1.82, 2.24) is 0 Å². The molecule has 1 heterocycles. The smallest absolute Gasteiger partial charge is 0.269 e. The van der Waals surface area contributed by atoms with E-state index in [4.69, 9.17) is 0 Å². The molecule has 0 N–H and O–H groups in total. The molecule has 0 fully saturated rings. The molecule has 0 saturated carbocycles. The minimum atomic E-state index is -0.477. The van der Waals surface area contributed by atoms with E-state index in [1.165, 1.54) is 17.0 Å². The van der Waals surface area contributed by atoms with E-state index in [0.717, 1.165) is 0 Å². The first-order chi connectivity index (χ1) is 14.7. The fourth-order valence-electron chi connectivity index (χ4n) is 4.57. The van der Waals surface area contributed by atoms with Gasteiger partial charge in [0, 0.05) is 42.2 Å². The standard InChI is InChI=1S/C24H21N3O4/c1-24(2)12-20-23(21(28)13-24)18(15-7-9-17(10-8-15)27(30)31)11-22(29)26(20)19-6-4-3-5-16(19)14-25/h3-10,18H,11-13H2,1-2H3. The zero-order chi connectivity index (χ0) is 22.3. The Kier molecular flexibility index (Phi) is 4.94. The SMILES string of the molecule is CC1(C)CC(=O)C2=C(C1)N(c1ccccc1C#N)C(=O)CC2c1ccc([N+](=O)[O-])cc1. The maximum Gasteiger partial charge on any atom is 0.269 e. The normalized spacial score (nSPS) is 20.3. The molecule has 4 rings (SSSR count). The number of allylic oxidation sites excluding steroid dienone is 2. The van der Waals surface area contributed by atoms with Gasteiger partial charge in [0.25, 0.3) is 5.69 Å². The lowest BCUT2D eigenvalue weighted by atomic mass is 9.69. The van der Waals surface area contributed by atoms with Gasteiger partial charge in [0.1, 0.15) is 6.07 Å². The number of benzene rings is 2. The maximum absolute atomic E-state index is 13.4. The Bertz CT molecular complexity index is 1170. The van der Waals surface area contributed by atoms with E-state index in [2.05, 4.69) is 6.07 Å². The first-order valence-corrected chi connectivity index (χ1v) is 10.0. The van der Waals surface area contributed by atoms with Crippen molar-refractivity contribution in [2.75, 3.05) is 4.90 Å². The number of rotatable bonds is 3. The van der Waals surface area contributed by atoms with Gasteiger partial charge < -0.3 is 0 Å². The van der Waals surface area contributed by atoms with Crippen molar-refractivity contribution in [2.24, 2.45) is 5.41 Å². The van der Waals surface area contributed by atoms with E-state index in [1.807, 2.05) is 13.8 Å². The molecular formula is C24H21N3O4. The average Bonchev–Trinajstić information content (AvgIpc) is 2.72. The number of nitrogens with zero attached hydrogens (tertiary/aromatic N) is 3. The van der Waals surface area contributed by atoms with Crippen molar-refractivity contribution >= 4 is 23.1 Å². The molecule has 0 bridgehead atoms. The van der Waals surface area contributed by atoms with Crippen molar-refractivity contribution in [1.29, 1.82) is 5.26 Å². The molecule has 2 aromatic carbocycles. The molecule has 7 nitrogen and oxygen atoms in total. The third-order valence-electron chi connectivity index (χ3n) is 5.91. The number of carbonyl (C=O) groups excluding carboxylic acids is 2. The molecule has 7 heteroatoms. The van der Waals surface area contributed by atoms with E-state index in [9.17, 15) is 25.0 Å². The number of nitro groups is 1. The van der Waals surface area contributed by atoms with E-state index < -0.39 is 10.8 Å². The Labute approximate surface area is 179 Å². The monoisotopic (exact) mass is 415 g/mol. The second-order valence-corrected chi connectivity index (χ2v) is 8.76. The Morgan fingerprint density at radius 3 is 2.42 bits per heavy atom. The number of para-hydroxylation sites is 1. The van der Waals surface area contributed by atoms with Crippen LogP contribution in [0.4, 0.5) is 11.4 Å². The molecule has 0 aromatic heterocycles. The van der Waals surface area contributed by atoms with Crippen LogP contribution in [-0.4, -0.2) is 16.6 Å². The molecule has 1 atom stereocenters. The van der Waals surface area contributed by atoms with Crippen LogP contribution in [-0.2, 0) is 9.59 Å². The molecular weight excluding hydrogens is 394 g/mol. The summed E-state index contributed by atoms with van der Waals surface area (Å²) < 4.78 is 0. The molecule has 0 radical (unpaired) electrons. The topological polar surface area (TPSA) is 104 Å². The minimum Gasteiger partial charge on any atom is -0.294 e. The Morgan fingerprint density at radius 1 is 1.10 bits per heavy atom. The van der Waals surface area contributed by atoms with Crippen molar-refractivity contribution in [2.45, 2.75) is 39.0 Å². The van der Waals surface area contributed by atoms with E-state index in [0.29, 0.717) is 40.9 Å². The van der Waals surface area contributed by atoms with Gasteiger partial charge >= 0.3 is 0 Å². The lowest BCUT2D eigenvalue weighted by Crippen LogP contribution is -2.44. The Morgan fingerprint density at radius 2 is 1.77 bits per heavy atom. The first-order valence-electron chi connectivity index (χ1n) is 10.0. The second-order valence-electron chi connectivity index (χ2n) is 8.76. The first kappa shape index (κ1) is 20.5. The van der Waals surface area contributed by atoms with Crippen LogP contribution in [0, 0.1) is 26.9 Å². The number of nitriles is 1. The second kappa shape index (κ2) is 7.47. The number of non-ortho nitro benzene ring substituents is 1. The summed E-state index contributed by atoms with van der Waals surface area (Å²) in [6.45, 7) is 3.98. The number of ketones is 1. The fourth-order valence-corrected chi connectivity index (χ4v) is 4.57. The van der Waals surface area contributed by atoms with Crippen LogP contribution >= 0.6 is 0 Å². The van der Waals surface area contributed by atoms with Crippen molar-refractivity contribution in [3.05, 3.63) is 81.0 Å². The largest absolute Gasteiger partial charge is 0.294 e. The van der Waals surface area contributed by atoms with Gasteiger partial charge in [-0.25, -0.2) is 0 Å². The van der Waals surface area contributed by atoms with Crippen LogP contribution in [0.5, 0.6) is 0 Å². The fraction of sp³-hybridized carbons (Fsp3) is 0.292. The number of hydrogen-bond donors (Lipinski definition) is 0. The van der Waals surface area contributed by atoms with Gasteiger partial charge in [0.15, 0.2) is 5.78 Å². The molecule has 1 amide bonds. The van der Waals surface area contributed by atoms with Crippen LogP contribution in [0.1, 0.15) is 50.2 Å². The van der Waals surface area contributed by atoms with E-state index >= 15 is 0 Å². The third kappa shape index (κ3) is 3.61. The Balaban J connectivity index is 1.90. The average molecular weight is 415 g/mol. The molecule has 0 spiro atoms. The van der Waals surface area contributed by atoms with Gasteiger partial charge in [-0.3, -0.25) is 24.6 Å². The van der Waals surface area contributed by atoms with Gasteiger partial charge in [0.2, 0.25) is 5.91 Å². The summed E-state index contributed by atoms with van der Waals surface area (Å²) in [6, 6.07) is 15.0. The minimum absolute atomic E-state index is 0.0264. The van der Waals surface area contributed by atoms with E-state index in [-0.39, 0.29) is 29.2 Å². The highest BCUT2D eigenvalue weighted by atomic mass is 16.6. The van der Waals surface area contributed by atoms with Gasteiger partial charge in [-0.15, -0.1) is 0 Å². The number of carbonyl (C=O) groups is 2. The summed E-state index contributed by atoms with van der Waals surface area (Å²) >= 11 is 0. The molecule has 1 unspecified atom stereocenters. The number of nitro benzene ring substituents is 1. The predicted molar refractivity (Wildman–Crippen MR) is 114 cm³/mol. The lowest BCUT2D eigenvalue weighted by molar-refractivity contribution is -0.384. The van der Waals surface area contributed by atoms with Crippen LogP contribution in [0.3, 0.4) is 0 Å². The summed E-state index contributed by atoms with van der Waals surface area (Å²) in [5.74, 6) is -0.686. The highest BCUT2D eigenvalue weighted by Crippen LogP contribution is 2.48. The van der Waals surface area contributed by atoms with Gasteiger partial charge in [0.05, 0.1) is 16.2 Å². The molecule has 0 saturated heterocycles. The van der Waals surface area contributed by atoms with Crippen molar-refractivity contribution < 1.29 is 14.5 Å². The van der Waals surface area contributed by atoms with Crippen molar-refractivity contribution in [3.8, 4) is 6.07 Å². The maximum atomic E-state index is 13.4. The lowest BCUT2D eigenvalue weighted by Gasteiger charge is -2.43. The van der Waals surface area contributed by atoms with Crippen LogP contribution in [0.2, 0.25) is 0 Å². The summed E-state index contributed by atoms with van der Waals surface area (Å²) in [5, 5.41) is 20.6. The highest BCUT2D eigenvalue weighted by Gasteiger charge is 2.44. The molecule has 2 aliphatic rings. The van der Waals surface area contributed by atoms with Gasteiger partial charge in [-0.2, -0.15) is 5.26 Å². The number of Topliss-reactive ketones (excluding diaryl/α,β-unsaturated/α-hetero) is 1. The highest BCUT2D eigenvalue weighted by molar-refractivity contribution is 6.08. The zero-order valence-corrected chi connectivity index (χ0v) is 17.3. The molecule has 1 aliphatic carbocycles. The Hall–Kier alpha value is -3.79. The number of anilines is 1. The molecule has 2 aromatic rings. The third-order valence-corrected chi connectivity index (χ3v) is 5.91. The quantitative estimate of drug-likeness (QED) is 0.537. The van der Waals surface area contributed by atoms with Gasteiger partial charge in [-0.05, 0) is 29.5 Å². The number of amides is 1. The summed E-state index contributed by atoms with van der Waals surface area (Å²) in [5.41, 5.74) is 2.38. The van der Waals surface area contributed by atoms with Crippen molar-refractivity contribution in [3.63, 3.8) is 0 Å². The molecule has 156 valence electrons. The molecule has 1 aliphatic heterocycles.